The van der Waals surface area contributed by atoms with E-state index in [1.54, 1.807) is 0 Å². The average Bonchev–Trinajstić information content (AvgIpc) is 3.29. The molecule has 4 nitrogen and oxygen atoms in total. The lowest BCUT2D eigenvalue weighted by Gasteiger charge is -2.10. The standard InChI is InChI=1S/C19H23N3O/c1-21-10-6-16-13-17(4-5-18(16)21)19-20-8-11-22(19)9-2-3-15-7-12-23-14-15/h4-6,8,10-11,13,15H,2-3,7,9,12,14H2,1H3. The average molecular weight is 309 g/mol. The Balaban J connectivity index is 1.50. The summed E-state index contributed by atoms with van der Waals surface area (Å²) in [5.74, 6) is 1.82. The molecule has 0 saturated carbocycles. The number of imidazole rings is 1. The van der Waals surface area contributed by atoms with Crippen LogP contribution < -0.4 is 0 Å². The Hall–Kier alpha value is -2.07. The molecule has 0 amide bonds. The predicted octanol–water partition coefficient (Wildman–Crippen LogP) is 3.86. The van der Waals surface area contributed by atoms with Crippen molar-refractivity contribution in [2.75, 3.05) is 13.2 Å². The van der Waals surface area contributed by atoms with Crippen molar-refractivity contribution in [2.45, 2.75) is 25.8 Å². The predicted molar refractivity (Wildman–Crippen MR) is 92.3 cm³/mol. The zero-order valence-corrected chi connectivity index (χ0v) is 13.6. The molecule has 0 N–H and O–H groups in total. The van der Waals surface area contributed by atoms with Crippen molar-refractivity contribution in [3.05, 3.63) is 42.9 Å². The third kappa shape index (κ3) is 2.91. The molecule has 1 aliphatic rings. The Morgan fingerprint density at radius 3 is 3.09 bits per heavy atom. The molecule has 0 spiro atoms. The van der Waals surface area contributed by atoms with Crippen LogP contribution in [0, 0.1) is 5.92 Å². The van der Waals surface area contributed by atoms with Crippen molar-refractivity contribution >= 4 is 10.9 Å². The van der Waals surface area contributed by atoms with Gasteiger partial charge in [0.05, 0.1) is 0 Å². The van der Waals surface area contributed by atoms with Gasteiger partial charge < -0.3 is 13.9 Å². The zero-order chi connectivity index (χ0) is 15.6. The summed E-state index contributed by atoms with van der Waals surface area (Å²) in [6.45, 7) is 2.91. The third-order valence-electron chi connectivity index (χ3n) is 4.89. The zero-order valence-electron chi connectivity index (χ0n) is 13.6. The van der Waals surface area contributed by atoms with Crippen LogP contribution in [-0.4, -0.2) is 27.3 Å². The summed E-state index contributed by atoms with van der Waals surface area (Å²) in [5.41, 5.74) is 2.45. The highest BCUT2D eigenvalue weighted by Gasteiger charge is 2.15. The molecule has 1 saturated heterocycles. The minimum absolute atomic E-state index is 0.752. The van der Waals surface area contributed by atoms with Gasteiger partial charge in [-0.05, 0) is 49.4 Å². The molecular formula is C19H23N3O. The Bertz CT molecular complexity index is 796. The number of aryl methyl sites for hydroxylation is 2. The Labute approximate surface area is 136 Å². The van der Waals surface area contributed by atoms with E-state index in [2.05, 4.69) is 57.8 Å². The fraction of sp³-hybridized carbons (Fsp3) is 0.421. The van der Waals surface area contributed by atoms with Crippen LogP contribution in [0.25, 0.3) is 22.3 Å². The largest absolute Gasteiger partial charge is 0.381 e. The van der Waals surface area contributed by atoms with Gasteiger partial charge in [-0.3, -0.25) is 0 Å². The molecule has 120 valence electrons. The van der Waals surface area contributed by atoms with Gasteiger partial charge in [0.25, 0.3) is 0 Å². The van der Waals surface area contributed by atoms with E-state index < -0.39 is 0 Å². The number of hydrogen-bond donors (Lipinski definition) is 0. The van der Waals surface area contributed by atoms with E-state index in [4.69, 9.17) is 4.74 Å². The lowest BCUT2D eigenvalue weighted by atomic mass is 10.0. The van der Waals surface area contributed by atoms with Crippen LogP contribution >= 0.6 is 0 Å². The van der Waals surface area contributed by atoms with E-state index >= 15 is 0 Å². The fourth-order valence-electron chi connectivity index (χ4n) is 3.53. The monoisotopic (exact) mass is 309 g/mol. The summed E-state index contributed by atoms with van der Waals surface area (Å²) >= 11 is 0. The first-order chi connectivity index (χ1) is 11.3. The Morgan fingerprint density at radius 2 is 2.22 bits per heavy atom. The van der Waals surface area contributed by atoms with Gasteiger partial charge in [0.1, 0.15) is 5.82 Å². The SMILES string of the molecule is Cn1ccc2cc(-c3nccn3CCCC3CCOC3)ccc21. The minimum Gasteiger partial charge on any atom is -0.381 e. The van der Waals surface area contributed by atoms with Crippen molar-refractivity contribution in [1.82, 2.24) is 14.1 Å². The maximum Gasteiger partial charge on any atom is 0.139 e. The summed E-state index contributed by atoms with van der Waals surface area (Å²) in [4.78, 5) is 4.58. The van der Waals surface area contributed by atoms with Crippen LogP contribution in [0.5, 0.6) is 0 Å². The van der Waals surface area contributed by atoms with Gasteiger partial charge in [0.2, 0.25) is 0 Å². The first-order valence-corrected chi connectivity index (χ1v) is 8.45. The van der Waals surface area contributed by atoms with Crippen molar-refractivity contribution in [1.29, 1.82) is 0 Å². The normalized spacial score (nSPS) is 18.0. The van der Waals surface area contributed by atoms with Crippen LogP contribution in [0.3, 0.4) is 0 Å². The molecule has 4 heteroatoms. The lowest BCUT2D eigenvalue weighted by Crippen LogP contribution is -2.04. The number of benzene rings is 1. The molecule has 0 aliphatic carbocycles. The van der Waals surface area contributed by atoms with E-state index in [1.807, 2.05) is 6.20 Å². The van der Waals surface area contributed by atoms with Crippen molar-refractivity contribution < 1.29 is 4.74 Å². The quantitative estimate of drug-likeness (QED) is 0.717. The summed E-state index contributed by atoms with van der Waals surface area (Å²) in [6, 6.07) is 8.75. The van der Waals surface area contributed by atoms with Gasteiger partial charge in [-0.2, -0.15) is 0 Å². The molecular weight excluding hydrogens is 286 g/mol. The van der Waals surface area contributed by atoms with Gasteiger partial charge in [-0.15, -0.1) is 0 Å². The highest BCUT2D eigenvalue weighted by molar-refractivity contribution is 5.84. The second-order valence-corrected chi connectivity index (χ2v) is 6.52. The molecule has 2 aromatic heterocycles. The van der Waals surface area contributed by atoms with Gasteiger partial charge in [-0.1, -0.05) is 0 Å². The van der Waals surface area contributed by atoms with Crippen molar-refractivity contribution in [3.8, 4) is 11.4 Å². The third-order valence-corrected chi connectivity index (χ3v) is 4.89. The van der Waals surface area contributed by atoms with Crippen LogP contribution in [-0.2, 0) is 18.3 Å². The van der Waals surface area contributed by atoms with Crippen molar-refractivity contribution in [2.24, 2.45) is 13.0 Å². The number of rotatable bonds is 5. The molecule has 1 fully saturated rings. The minimum atomic E-state index is 0.752. The summed E-state index contributed by atoms with van der Waals surface area (Å²) in [7, 11) is 2.08. The molecule has 3 aromatic rings. The molecule has 3 heterocycles. The highest BCUT2D eigenvalue weighted by Crippen LogP contribution is 2.25. The van der Waals surface area contributed by atoms with Crippen LogP contribution in [0.15, 0.2) is 42.9 Å². The summed E-state index contributed by atoms with van der Waals surface area (Å²) < 4.78 is 9.89. The maximum atomic E-state index is 5.46. The Morgan fingerprint density at radius 1 is 1.26 bits per heavy atom. The van der Waals surface area contributed by atoms with Gasteiger partial charge in [0, 0.05) is 61.9 Å². The van der Waals surface area contributed by atoms with Gasteiger partial charge >= 0.3 is 0 Å². The van der Waals surface area contributed by atoms with Gasteiger partial charge in [0.15, 0.2) is 0 Å². The second-order valence-electron chi connectivity index (χ2n) is 6.52. The molecule has 1 aromatic carbocycles. The molecule has 0 bridgehead atoms. The van der Waals surface area contributed by atoms with E-state index in [-0.39, 0.29) is 0 Å². The van der Waals surface area contributed by atoms with Crippen molar-refractivity contribution in [3.63, 3.8) is 0 Å². The molecule has 23 heavy (non-hydrogen) atoms. The van der Waals surface area contributed by atoms with Crippen LogP contribution in [0.2, 0.25) is 0 Å². The number of fused-ring (bicyclic) bond motifs is 1. The molecule has 4 rings (SSSR count). The maximum absolute atomic E-state index is 5.46. The number of ether oxygens (including phenoxy) is 1. The van der Waals surface area contributed by atoms with E-state index in [9.17, 15) is 0 Å². The van der Waals surface area contributed by atoms with E-state index in [1.165, 1.54) is 35.7 Å². The van der Waals surface area contributed by atoms with E-state index in [0.717, 1.165) is 31.5 Å². The topological polar surface area (TPSA) is 32.0 Å². The molecule has 0 radical (unpaired) electrons. The second kappa shape index (κ2) is 6.20. The van der Waals surface area contributed by atoms with Gasteiger partial charge in [-0.25, -0.2) is 4.98 Å². The molecule has 1 unspecified atom stereocenters. The smallest absolute Gasteiger partial charge is 0.139 e. The Kier molecular flexibility index (Phi) is 3.92. The molecule has 1 aliphatic heterocycles. The number of aromatic nitrogens is 3. The number of hydrogen-bond acceptors (Lipinski definition) is 2. The van der Waals surface area contributed by atoms with E-state index in [0.29, 0.717) is 0 Å². The fourth-order valence-corrected chi connectivity index (χ4v) is 3.53. The first-order valence-electron chi connectivity index (χ1n) is 8.45. The summed E-state index contributed by atoms with van der Waals surface area (Å²) in [5, 5.41) is 1.27. The first kappa shape index (κ1) is 14.5. The van der Waals surface area contributed by atoms with Crippen LogP contribution in [0.1, 0.15) is 19.3 Å². The summed E-state index contributed by atoms with van der Waals surface area (Å²) in [6.07, 6.45) is 9.76. The van der Waals surface area contributed by atoms with Crippen LogP contribution in [0.4, 0.5) is 0 Å². The lowest BCUT2D eigenvalue weighted by molar-refractivity contribution is 0.183. The molecule has 1 atom stereocenters. The number of nitrogens with zero attached hydrogens (tertiary/aromatic N) is 3. The highest BCUT2D eigenvalue weighted by atomic mass is 16.5.